The van der Waals surface area contributed by atoms with E-state index in [0.717, 1.165) is 16.8 Å². The average Bonchev–Trinajstić information content (AvgIpc) is 3.22. The van der Waals surface area contributed by atoms with Gasteiger partial charge in [-0.2, -0.15) is 0 Å². The van der Waals surface area contributed by atoms with Crippen LogP contribution in [-0.2, 0) is 9.53 Å². The lowest BCUT2D eigenvalue weighted by Gasteiger charge is -2.41. The number of anilines is 1. The summed E-state index contributed by atoms with van der Waals surface area (Å²) in [7, 11) is 1.73. The second-order valence-corrected chi connectivity index (χ2v) is 8.72. The number of nitrogens with one attached hydrogen (secondary N) is 2. The van der Waals surface area contributed by atoms with Gasteiger partial charge in [0.15, 0.2) is 0 Å². The van der Waals surface area contributed by atoms with Crippen LogP contribution in [0.15, 0.2) is 42.5 Å². The molecule has 1 aromatic carbocycles. The molecule has 6 nitrogen and oxygen atoms in total. The number of carboxylic acid groups (broad SMARTS) is 1. The van der Waals surface area contributed by atoms with Crippen LogP contribution in [0.25, 0.3) is 11.6 Å². The highest BCUT2D eigenvalue weighted by molar-refractivity contribution is 6.35. The minimum atomic E-state index is -0.983. The van der Waals surface area contributed by atoms with Gasteiger partial charge in [-0.15, -0.1) is 0 Å². The minimum Gasteiger partial charge on any atom is -0.478 e. The minimum absolute atomic E-state index is 0.0131. The average molecular weight is 433 g/mol. The molecule has 6 heteroatoms. The van der Waals surface area contributed by atoms with Gasteiger partial charge in [-0.25, -0.2) is 4.79 Å². The van der Waals surface area contributed by atoms with Crippen molar-refractivity contribution in [2.24, 2.45) is 5.92 Å². The highest BCUT2D eigenvalue weighted by Gasteiger charge is 2.41. The SMILES string of the molecule is COC1(C(C)C)C=CC=CC1c1ccc2c(c1)NC(=O)/C2=C\c1[nH]c(C)c(C(=O)O)c1C. The third kappa shape index (κ3) is 3.31. The fraction of sp³-hybridized carbons (Fsp3) is 0.308. The van der Waals surface area contributed by atoms with E-state index in [0.29, 0.717) is 22.5 Å². The third-order valence-electron chi connectivity index (χ3n) is 6.68. The van der Waals surface area contributed by atoms with Crippen LogP contribution in [0.2, 0.25) is 0 Å². The predicted octanol–water partition coefficient (Wildman–Crippen LogP) is 5.07. The normalized spacial score (nSPS) is 23.1. The van der Waals surface area contributed by atoms with Crippen LogP contribution >= 0.6 is 0 Å². The molecule has 32 heavy (non-hydrogen) atoms. The fourth-order valence-electron chi connectivity index (χ4n) is 4.92. The number of methoxy groups -OCH3 is 1. The van der Waals surface area contributed by atoms with Crippen molar-refractivity contribution in [1.82, 2.24) is 4.98 Å². The molecule has 1 aromatic heterocycles. The predicted molar refractivity (Wildman–Crippen MR) is 126 cm³/mol. The second-order valence-electron chi connectivity index (χ2n) is 8.72. The van der Waals surface area contributed by atoms with E-state index in [2.05, 4.69) is 36.3 Å². The number of allylic oxidation sites excluding steroid dienone is 2. The molecule has 2 aromatic rings. The molecule has 0 bridgehead atoms. The van der Waals surface area contributed by atoms with Gasteiger partial charge in [0.2, 0.25) is 0 Å². The van der Waals surface area contributed by atoms with E-state index >= 15 is 0 Å². The van der Waals surface area contributed by atoms with Gasteiger partial charge < -0.3 is 20.1 Å². The van der Waals surface area contributed by atoms with Gasteiger partial charge in [-0.1, -0.05) is 50.3 Å². The summed E-state index contributed by atoms with van der Waals surface area (Å²) in [5, 5.41) is 12.4. The number of ether oxygens (including phenoxy) is 1. The number of amides is 1. The number of aromatic nitrogens is 1. The fourth-order valence-corrected chi connectivity index (χ4v) is 4.92. The lowest BCUT2D eigenvalue weighted by Crippen LogP contribution is -2.42. The Labute approximate surface area is 187 Å². The number of fused-ring (bicyclic) bond motifs is 1. The zero-order chi connectivity index (χ0) is 23.2. The molecule has 3 N–H and O–H groups in total. The van der Waals surface area contributed by atoms with Crippen LogP contribution in [0.3, 0.4) is 0 Å². The quantitative estimate of drug-likeness (QED) is 0.575. The van der Waals surface area contributed by atoms with Crippen molar-refractivity contribution in [1.29, 1.82) is 0 Å². The van der Waals surface area contributed by atoms with E-state index in [1.165, 1.54) is 0 Å². The maximum Gasteiger partial charge on any atom is 0.337 e. The number of carbonyl (C=O) groups is 2. The number of aromatic amines is 1. The first-order chi connectivity index (χ1) is 15.2. The Morgan fingerprint density at radius 2 is 2.00 bits per heavy atom. The Balaban J connectivity index is 1.75. The van der Waals surface area contributed by atoms with E-state index in [-0.39, 0.29) is 23.3 Å². The van der Waals surface area contributed by atoms with Gasteiger partial charge in [0.25, 0.3) is 5.91 Å². The molecule has 0 saturated carbocycles. The maximum absolute atomic E-state index is 12.8. The standard InChI is InChI=1S/C26H28N2O4/c1-14(2)26(32-5)11-7-6-8-20(26)17-9-10-18-19(24(29)28-22(18)12-17)13-21-15(3)23(25(30)31)16(4)27-21/h6-14,20,27H,1-5H3,(H,28,29)(H,30,31)/b19-13-. The highest BCUT2D eigenvalue weighted by Crippen LogP contribution is 2.44. The largest absolute Gasteiger partial charge is 0.478 e. The van der Waals surface area contributed by atoms with Crippen LogP contribution in [0.5, 0.6) is 0 Å². The van der Waals surface area contributed by atoms with Gasteiger partial charge in [0, 0.05) is 35.7 Å². The molecule has 2 heterocycles. The van der Waals surface area contributed by atoms with Crippen molar-refractivity contribution in [3.63, 3.8) is 0 Å². The zero-order valence-corrected chi connectivity index (χ0v) is 18.9. The summed E-state index contributed by atoms with van der Waals surface area (Å²) in [6.07, 6.45) is 10.0. The molecule has 1 aliphatic carbocycles. The van der Waals surface area contributed by atoms with E-state index < -0.39 is 11.6 Å². The Bertz CT molecular complexity index is 1200. The van der Waals surface area contributed by atoms with E-state index in [4.69, 9.17) is 4.74 Å². The molecule has 0 saturated heterocycles. The van der Waals surface area contributed by atoms with Gasteiger partial charge >= 0.3 is 5.97 Å². The van der Waals surface area contributed by atoms with Gasteiger partial charge in [-0.05, 0) is 43.0 Å². The Morgan fingerprint density at radius 3 is 2.62 bits per heavy atom. The maximum atomic E-state index is 12.8. The van der Waals surface area contributed by atoms with E-state index in [9.17, 15) is 14.7 Å². The number of hydrogen-bond acceptors (Lipinski definition) is 3. The zero-order valence-electron chi connectivity index (χ0n) is 18.9. The number of carbonyl (C=O) groups excluding carboxylic acids is 1. The van der Waals surface area contributed by atoms with Crippen molar-refractivity contribution in [2.75, 3.05) is 12.4 Å². The molecular formula is C26H28N2O4. The van der Waals surface area contributed by atoms with Gasteiger partial charge in [0.1, 0.15) is 0 Å². The number of aromatic carboxylic acids is 1. The summed E-state index contributed by atoms with van der Waals surface area (Å²) < 4.78 is 6.00. The number of rotatable bonds is 5. The van der Waals surface area contributed by atoms with Crippen molar-refractivity contribution in [3.05, 3.63) is 76.1 Å². The summed E-state index contributed by atoms with van der Waals surface area (Å²) in [5.74, 6) is -0.927. The van der Waals surface area contributed by atoms with Crippen LogP contribution in [-0.4, -0.2) is 34.7 Å². The number of aryl methyl sites for hydroxylation is 1. The summed E-state index contributed by atoms with van der Waals surface area (Å²) >= 11 is 0. The smallest absolute Gasteiger partial charge is 0.337 e. The summed E-state index contributed by atoms with van der Waals surface area (Å²) in [5.41, 5.74) is 4.69. The van der Waals surface area contributed by atoms with Gasteiger partial charge in [-0.3, -0.25) is 4.79 Å². The van der Waals surface area contributed by atoms with Crippen molar-refractivity contribution in [3.8, 4) is 0 Å². The Kier molecular flexibility index (Phi) is 5.42. The molecule has 0 radical (unpaired) electrons. The van der Waals surface area contributed by atoms with Crippen LogP contribution in [0, 0.1) is 19.8 Å². The number of hydrogen-bond donors (Lipinski definition) is 3. The summed E-state index contributed by atoms with van der Waals surface area (Å²) in [4.78, 5) is 27.4. The molecule has 2 atom stereocenters. The Hall–Kier alpha value is -3.38. The summed E-state index contributed by atoms with van der Waals surface area (Å²) in [6.45, 7) is 7.75. The van der Waals surface area contributed by atoms with Crippen molar-refractivity contribution in [2.45, 2.75) is 39.2 Å². The monoisotopic (exact) mass is 432 g/mol. The third-order valence-corrected chi connectivity index (χ3v) is 6.68. The van der Waals surface area contributed by atoms with Crippen LogP contribution < -0.4 is 5.32 Å². The van der Waals surface area contributed by atoms with E-state index in [1.54, 1.807) is 27.0 Å². The topological polar surface area (TPSA) is 91.4 Å². The lowest BCUT2D eigenvalue weighted by molar-refractivity contribution is -0.110. The number of benzene rings is 1. The molecule has 1 amide bonds. The molecule has 2 aliphatic rings. The van der Waals surface area contributed by atoms with Gasteiger partial charge in [0.05, 0.1) is 16.7 Å². The first-order valence-corrected chi connectivity index (χ1v) is 10.7. The molecular weight excluding hydrogens is 404 g/mol. The van der Waals surface area contributed by atoms with Crippen LogP contribution in [0.1, 0.15) is 58.2 Å². The molecule has 166 valence electrons. The molecule has 0 fully saturated rings. The molecule has 2 unspecified atom stereocenters. The van der Waals surface area contributed by atoms with Crippen LogP contribution in [0.4, 0.5) is 5.69 Å². The number of H-pyrrole nitrogens is 1. The lowest BCUT2D eigenvalue weighted by atomic mass is 9.72. The first-order valence-electron chi connectivity index (χ1n) is 10.7. The molecule has 4 rings (SSSR count). The molecule has 0 spiro atoms. The second kappa shape index (κ2) is 7.95. The van der Waals surface area contributed by atoms with Crippen molar-refractivity contribution >= 4 is 29.2 Å². The first kappa shape index (κ1) is 21.8. The number of carboxylic acids is 1. The molecule has 1 aliphatic heterocycles. The summed E-state index contributed by atoms with van der Waals surface area (Å²) in [6, 6.07) is 5.99. The highest BCUT2D eigenvalue weighted by atomic mass is 16.5. The van der Waals surface area contributed by atoms with Crippen molar-refractivity contribution < 1.29 is 19.4 Å². The van der Waals surface area contributed by atoms with E-state index in [1.807, 2.05) is 30.4 Å². The Morgan fingerprint density at radius 1 is 1.25 bits per heavy atom.